The van der Waals surface area contributed by atoms with Crippen LogP contribution in [0.2, 0.25) is 5.02 Å². The van der Waals surface area contributed by atoms with Gasteiger partial charge in [-0.05, 0) is 11.6 Å². The lowest BCUT2D eigenvalue weighted by Crippen LogP contribution is -1.92. The lowest BCUT2D eigenvalue weighted by atomic mass is 10.2. The zero-order valence-electron chi connectivity index (χ0n) is 8.40. The highest BCUT2D eigenvalue weighted by Crippen LogP contribution is 2.22. The van der Waals surface area contributed by atoms with Gasteiger partial charge in [0.1, 0.15) is 5.76 Å². The highest BCUT2D eigenvalue weighted by molar-refractivity contribution is 7.97. The molecule has 16 heavy (non-hydrogen) atoms. The predicted octanol–water partition coefficient (Wildman–Crippen LogP) is 3.05. The number of hydrogen-bond acceptors (Lipinski definition) is 3. The van der Waals surface area contributed by atoms with Crippen LogP contribution in [0.1, 0.15) is 11.3 Å². The predicted molar refractivity (Wildman–Crippen MR) is 65.8 cm³/mol. The Morgan fingerprint density at radius 2 is 2.12 bits per heavy atom. The van der Waals surface area contributed by atoms with Crippen LogP contribution in [0.15, 0.2) is 39.6 Å². The molecule has 3 nitrogen and oxygen atoms in total. The van der Waals surface area contributed by atoms with Gasteiger partial charge in [-0.2, -0.15) is 5.16 Å². The second-order valence-electron chi connectivity index (χ2n) is 3.26. The standard InChI is InChI=1S/C11H10ClNO2S/c12-10-4-2-1-3-8(10)6-16-7-9-5-11(14)13-15-9/h1-5H,6-7H2,(H,13,14). The molecule has 0 aliphatic heterocycles. The number of halogens is 1. The summed E-state index contributed by atoms with van der Waals surface area (Å²) in [6.07, 6.45) is 0. The van der Waals surface area contributed by atoms with Crippen molar-refractivity contribution in [3.05, 3.63) is 57.0 Å². The molecule has 1 aromatic heterocycles. The molecule has 2 aromatic rings. The molecule has 0 bridgehead atoms. The number of H-pyrrole nitrogens is 1. The summed E-state index contributed by atoms with van der Waals surface area (Å²) < 4.78 is 4.94. The number of nitrogens with one attached hydrogen (secondary N) is 1. The summed E-state index contributed by atoms with van der Waals surface area (Å²) in [5.74, 6) is 2.11. The van der Waals surface area contributed by atoms with Gasteiger partial charge in [-0.25, -0.2) is 0 Å². The first kappa shape index (κ1) is 11.4. The first-order valence-corrected chi connectivity index (χ1v) is 6.27. The summed E-state index contributed by atoms with van der Waals surface area (Å²) in [4.78, 5) is 10.8. The third kappa shape index (κ3) is 2.93. The van der Waals surface area contributed by atoms with Gasteiger partial charge in [-0.15, -0.1) is 11.8 Å². The molecule has 0 aliphatic rings. The van der Waals surface area contributed by atoms with E-state index in [1.165, 1.54) is 6.07 Å². The molecule has 0 amide bonds. The fraction of sp³-hybridized carbons (Fsp3) is 0.182. The van der Waals surface area contributed by atoms with Crippen molar-refractivity contribution in [3.63, 3.8) is 0 Å². The quantitative estimate of drug-likeness (QED) is 0.913. The first-order valence-electron chi connectivity index (χ1n) is 4.74. The van der Waals surface area contributed by atoms with Crippen molar-refractivity contribution in [2.45, 2.75) is 11.5 Å². The number of hydrogen-bond donors (Lipinski definition) is 1. The maximum Gasteiger partial charge on any atom is 0.280 e. The van der Waals surface area contributed by atoms with E-state index in [4.69, 9.17) is 16.1 Å². The van der Waals surface area contributed by atoms with Crippen molar-refractivity contribution < 1.29 is 4.52 Å². The molecule has 0 atom stereocenters. The Hall–Kier alpha value is -1.13. The van der Waals surface area contributed by atoms with E-state index >= 15 is 0 Å². The molecular weight excluding hydrogens is 246 g/mol. The van der Waals surface area contributed by atoms with Gasteiger partial charge in [0, 0.05) is 16.8 Å². The Kier molecular flexibility index (Phi) is 3.74. The Morgan fingerprint density at radius 1 is 1.31 bits per heavy atom. The van der Waals surface area contributed by atoms with Crippen LogP contribution in [0.5, 0.6) is 0 Å². The van der Waals surface area contributed by atoms with E-state index < -0.39 is 0 Å². The number of rotatable bonds is 4. The molecule has 0 fully saturated rings. The minimum Gasteiger partial charge on any atom is -0.383 e. The summed E-state index contributed by atoms with van der Waals surface area (Å²) in [6.45, 7) is 0. The maximum absolute atomic E-state index is 10.8. The third-order valence-electron chi connectivity index (χ3n) is 2.03. The zero-order chi connectivity index (χ0) is 11.4. The van der Waals surface area contributed by atoms with Crippen LogP contribution in [0.3, 0.4) is 0 Å². The number of aromatic amines is 1. The van der Waals surface area contributed by atoms with Crippen molar-refractivity contribution in [3.8, 4) is 0 Å². The fourth-order valence-electron chi connectivity index (χ4n) is 1.27. The van der Waals surface area contributed by atoms with Gasteiger partial charge in [0.05, 0.1) is 5.75 Å². The first-order chi connectivity index (χ1) is 7.75. The summed E-state index contributed by atoms with van der Waals surface area (Å²) >= 11 is 7.67. The molecule has 1 heterocycles. The highest BCUT2D eigenvalue weighted by atomic mass is 35.5. The smallest absolute Gasteiger partial charge is 0.280 e. The second-order valence-corrected chi connectivity index (χ2v) is 4.66. The molecule has 1 N–H and O–H groups in total. The average molecular weight is 256 g/mol. The van der Waals surface area contributed by atoms with Crippen LogP contribution in [-0.4, -0.2) is 5.16 Å². The molecule has 0 saturated carbocycles. The summed E-state index contributed by atoms with van der Waals surface area (Å²) in [7, 11) is 0. The molecule has 0 spiro atoms. The van der Waals surface area contributed by atoms with Crippen LogP contribution in [0.4, 0.5) is 0 Å². The van der Waals surface area contributed by atoms with Crippen LogP contribution in [0, 0.1) is 0 Å². The van der Waals surface area contributed by atoms with Crippen LogP contribution < -0.4 is 5.56 Å². The molecular formula is C11H10ClNO2S. The maximum atomic E-state index is 10.8. The molecule has 2 rings (SSSR count). The van der Waals surface area contributed by atoms with Gasteiger partial charge >= 0.3 is 0 Å². The minimum atomic E-state index is -0.201. The van der Waals surface area contributed by atoms with Crippen molar-refractivity contribution in [2.75, 3.05) is 0 Å². The van der Waals surface area contributed by atoms with Crippen molar-refractivity contribution in [1.82, 2.24) is 5.16 Å². The van der Waals surface area contributed by atoms with Gasteiger partial charge in [-0.1, -0.05) is 29.8 Å². The Balaban J connectivity index is 1.89. The topological polar surface area (TPSA) is 46.0 Å². The molecule has 0 aliphatic carbocycles. The van der Waals surface area contributed by atoms with E-state index in [1.807, 2.05) is 24.3 Å². The Labute approximate surface area is 102 Å². The Bertz CT molecular complexity index is 520. The van der Waals surface area contributed by atoms with E-state index in [0.717, 1.165) is 16.3 Å². The largest absolute Gasteiger partial charge is 0.383 e. The van der Waals surface area contributed by atoms with Crippen molar-refractivity contribution >= 4 is 23.4 Å². The van der Waals surface area contributed by atoms with E-state index in [9.17, 15) is 4.79 Å². The number of thioether (sulfide) groups is 1. The van der Waals surface area contributed by atoms with Gasteiger partial charge in [0.15, 0.2) is 0 Å². The van der Waals surface area contributed by atoms with Gasteiger partial charge in [-0.3, -0.25) is 4.79 Å². The van der Waals surface area contributed by atoms with E-state index in [0.29, 0.717) is 11.5 Å². The molecule has 0 unspecified atom stereocenters. The monoisotopic (exact) mass is 255 g/mol. The zero-order valence-corrected chi connectivity index (χ0v) is 9.98. The summed E-state index contributed by atoms with van der Waals surface area (Å²) in [5, 5.41) is 3.03. The third-order valence-corrected chi connectivity index (χ3v) is 3.41. The molecule has 0 saturated heterocycles. The summed E-state index contributed by atoms with van der Waals surface area (Å²) in [5.41, 5.74) is 0.889. The molecule has 1 aromatic carbocycles. The van der Waals surface area contributed by atoms with E-state index in [2.05, 4.69) is 5.16 Å². The lowest BCUT2D eigenvalue weighted by molar-refractivity contribution is 0.390. The van der Waals surface area contributed by atoms with Gasteiger partial charge in [0.25, 0.3) is 5.56 Å². The SMILES string of the molecule is O=c1cc(CSCc2ccccc2Cl)o[nH]1. The van der Waals surface area contributed by atoms with Crippen molar-refractivity contribution in [2.24, 2.45) is 0 Å². The van der Waals surface area contributed by atoms with E-state index in [1.54, 1.807) is 11.8 Å². The molecule has 5 heteroatoms. The molecule has 0 radical (unpaired) electrons. The van der Waals surface area contributed by atoms with Gasteiger partial charge in [0.2, 0.25) is 0 Å². The van der Waals surface area contributed by atoms with Crippen LogP contribution >= 0.6 is 23.4 Å². The van der Waals surface area contributed by atoms with Crippen LogP contribution in [-0.2, 0) is 11.5 Å². The van der Waals surface area contributed by atoms with Crippen LogP contribution in [0.25, 0.3) is 0 Å². The number of benzene rings is 1. The van der Waals surface area contributed by atoms with Gasteiger partial charge < -0.3 is 4.52 Å². The highest BCUT2D eigenvalue weighted by Gasteiger charge is 2.02. The van der Waals surface area contributed by atoms with E-state index in [-0.39, 0.29) is 5.56 Å². The normalized spacial score (nSPS) is 10.6. The second kappa shape index (κ2) is 5.27. The lowest BCUT2D eigenvalue weighted by Gasteiger charge is -2.01. The Morgan fingerprint density at radius 3 is 2.81 bits per heavy atom. The minimum absolute atomic E-state index is 0.201. The summed E-state index contributed by atoms with van der Waals surface area (Å²) in [6, 6.07) is 9.18. The molecule has 84 valence electrons. The fourth-order valence-corrected chi connectivity index (χ4v) is 2.47. The average Bonchev–Trinajstić information content (AvgIpc) is 2.67. The number of aromatic nitrogens is 1. The van der Waals surface area contributed by atoms with Crippen molar-refractivity contribution in [1.29, 1.82) is 0 Å².